The standard InChI is InChI=1S/C14H24N2O4S/c1-16(11-12-4-3-5-12)21(17,18)14-7-6-13(20-14)10-15-8-9-19-2/h6-7,12,15H,3-5,8-11H2,1-2H3. The zero-order chi connectivity index (χ0) is 15.3. The first-order valence-corrected chi connectivity index (χ1v) is 8.72. The molecule has 1 aromatic heterocycles. The molecule has 0 unspecified atom stereocenters. The molecule has 0 amide bonds. The van der Waals surface area contributed by atoms with Crippen LogP contribution in [0.2, 0.25) is 0 Å². The smallest absolute Gasteiger partial charge is 0.276 e. The van der Waals surface area contributed by atoms with E-state index in [2.05, 4.69) is 5.32 Å². The van der Waals surface area contributed by atoms with Crippen molar-refractivity contribution in [2.24, 2.45) is 5.92 Å². The highest BCUT2D eigenvalue weighted by Gasteiger charge is 2.28. The second-order valence-corrected chi connectivity index (χ2v) is 7.45. The number of rotatable bonds is 9. The number of ether oxygens (including phenoxy) is 1. The summed E-state index contributed by atoms with van der Waals surface area (Å²) in [4.78, 5) is 0. The fraction of sp³-hybridized carbons (Fsp3) is 0.714. The number of nitrogens with one attached hydrogen (secondary N) is 1. The van der Waals surface area contributed by atoms with Crippen molar-refractivity contribution in [2.75, 3.05) is 33.9 Å². The minimum absolute atomic E-state index is 0.0212. The van der Waals surface area contributed by atoms with Crippen LogP contribution in [0, 0.1) is 5.92 Å². The highest BCUT2D eigenvalue weighted by atomic mass is 32.2. The van der Waals surface area contributed by atoms with Gasteiger partial charge in [0.15, 0.2) is 0 Å². The SMILES string of the molecule is COCCNCc1ccc(S(=O)(=O)N(C)CC2CCC2)o1. The molecule has 21 heavy (non-hydrogen) atoms. The molecule has 0 saturated heterocycles. The van der Waals surface area contributed by atoms with Gasteiger partial charge in [-0.3, -0.25) is 0 Å². The molecule has 0 aromatic carbocycles. The maximum Gasteiger partial charge on any atom is 0.276 e. The number of hydrogen-bond donors (Lipinski definition) is 1. The molecule has 1 aliphatic carbocycles. The predicted molar refractivity (Wildman–Crippen MR) is 79.4 cm³/mol. The second-order valence-electron chi connectivity index (χ2n) is 5.47. The molecule has 1 N–H and O–H groups in total. The van der Waals surface area contributed by atoms with Gasteiger partial charge in [-0.15, -0.1) is 0 Å². The van der Waals surface area contributed by atoms with Crippen LogP contribution in [0.1, 0.15) is 25.0 Å². The molecule has 6 nitrogen and oxygen atoms in total. The van der Waals surface area contributed by atoms with Crippen molar-refractivity contribution in [3.05, 3.63) is 17.9 Å². The van der Waals surface area contributed by atoms with Gasteiger partial charge in [-0.1, -0.05) is 6.42 Å². The molecule has 2 rings (SSSR count). The van der Waals surface area contributed by atoms with E-state index in [9.17, 15) is 8.42 Å². The van der Waals surface area contributed by atoms with E-state index in [4.69, 9.17) is 9.15 Å². The van der Waals surface area contributed by atoms with E-state index in [1.807, 2.05) is 0 Å². The van der Waals surface area contributed by atoms with E-state index in [-0.39, 0.29) is 5.09 Å². The van der Waals surface area contributed by atoms with Crippen molar-refractivity contribution < 1.29 is 17.6 Å². The molecule has 1 fully saturated rings. The summed E-state index contributed by atoms with van der Waals surface area (Å²) in [6, 6.07) is 3.23. The molecule has 1 heterocycles. The Labute approximate surface area is 126 Å². The first kappa shape index (κ1) is 16.5. The van der Waals surface area contributed by atoms with E-state index < -0.39 is 10.0 Å². The lowest BCUT2D eigenvalue weighted by Gasteiger charge is -2.29. The van der Waals surface area contributed by atoms with E-state index in [0.29, 0.717) is 37.9 Å². The number of furan rings is 1. The Balaban J connectivity index is 1.91. The maximum atomic E-state index is 12.4. The molecular formula is C14H24N2O4S. The van der Waals surface area contributed by atoms with Crippen molar-refractivity contribution in [3.63, 3.8) is 0 Å². The predicted octanol–water partition coefficient (Wildman–Crippen LogP) is 1.44. The van der Waals surface area contributed by atoms with Crippen LogP contribution in [-0.2, 0) is 21.3 Å². The molecule has 120 valence electrons. The van der Waals surface area contributed by atoms with Gasteiger partial charge in [0, 0.05) is 27.2 Å². The van der Waals surface area contributed by atoms with E-state index in [0.717, 1.165) is 12.8 Å². The van der Waals surface area contributed by atoms with Gasteiger partial charge in [0.1, 0.15) is 5.76 Å². The topological polar surface area (TPSA) is 71.8 Å². The lowest BCUT2D eigenvalue weighted by Crippen LogP contribution is -2.34. The van der Waals surface area contributed by atoms with Gasteiger partial charge in [-0.2, -0.15) is 4.31 Å². The lowest BCUT2D eigenvalue weighted by molar-refractivity contribution is 0.198. The average Bonchev–Trinajstić information content (AvgIpc) is 2.88. The number of hydrogen-bond acceptors (Lipinski definition) is 5. The van der Waals surface area contributed by atoms with Crippen molar-refractivity contribution in [3.8, 4) is 0 Å². The van der Waals surface area contributed by atoms with Crippen LogP contribution >= 0.6 is 0 Å². The lowest BCUT2D eigenvalue weighted by atomic mass is 9.86. The van der Waals surface area contributed by atoms with Gasteiger partial charge in [-0.05, 0) is 30.9 Å². The van der Waals surface area contributed by atoms with E-state index in [1.165, 1.54) is 16.8 Å². The van der Waals surface area contributed by atoms with Gasteiger partial charge in [0.25, 0.3) is 10.0 Å². The molecule has 0 atom stereocenters. The van der Waals surface area contributed by atoms with Gasteiger partial charge < -0.3 is 14.5 Å². The summed E-state index contributed by atoms with van der Waals surface area (Å²) < 4.78 is 36.6. The molecule has 1 aromatic rings. The fourth-order valence-corrected chi connectivity index (χ4v) is 3.44. The molecule has 0 radical (unpaired) electrons. The summed E-state index contributed by atoms with van der Waals surface area (Å²) in [7, 11) is -0.257. The van der Waals surface area contributed by atoms with Crippen LogP contribution in [0.15, 0.2) is 21.6 Å². The van der Waals surface area contributed by atoms with Crippen LogP contribution in [0.4, 0.5) is 0 Å². The summed E-state index contributed by atoms with van der Waals surface area (Å²) in [6.45, 7) is 2.37. The van der Waals surface area contributed by atoms with Gasteiger partial charge in [-0.25, -0.2) is 8.42 Å². The second kappa shape index (κ2) is 7.40. The summed E-state index contributed by atoms with van der Waals surface area (Å²) >= 11 is 0. The van der Waals surface area contributed by atoms with Crippen LogP contribution in [0.3, 0.4) is 0 Å². The van der Waals surface area contributed by atoms with Crippen LogP contribution in [0.5, 0.6) is 0 Å². The monoisotopic (exact) mass is 316 g/mol. The first-order chi connectivity index (χ1) is 10.0. The quantitative estimate of drug-likeness (QED) is 0.698. The van der Waals surface area contributed by atoms with Crippen molar-refractivity contribution in [2.45, 2.75) is 30.9 Å². The Kier molecular flexibility index (Phi) is 5.80. The Bertz CT molecular complexity index is 537. The molecule has 1 aliphatic rings. The van der Waals surface area contributed by atoms with Crippen molar-refractivity contribution in [1.82, 2.24) is 9.62 Å². The minimum atomic E-state index is -3.51. The third-order valence-electron chi connectivity index (χ3n) is 3.82. The first-order valence-electron chi connectivity index (χ1n) is 7.28. The molecule has 7 heteroatoms. The van der Waals surface area contributed by atoms with Crippen LogP contribution in [-0.4, -0.2) is 46.6 Å². The van der Waals surface area contributed by atoms with Crippen LogP contribution in [0.25, 0.3) is 0 Å². The van der Waals surface area contributed by atoms with E-state index >= 15 is 0 Å². The summed E-state index contributed by atoms with van der Waals surface area (Å²) in [5, 5.41) is 3.14. The summed E-state index contributed by atoms with van der Waals surface area (Å²) in [5.41, 5.74) is 0. The molecule has 1 saturated carbocycles. The van der Waals surface area contributed by atoms with Gasteiger partial charge in [0.05, 0.1) is 13.2 Å². The molecular weight excluding hydrogens is 292 g/mol. The van der Waals surface area contributed by atoms with Gasteiger partial charge in [0.2, 0.25) is 5.09 Å². The Morgan fingerprint density at radius 2 is 2.19 bits per heavy atom. The summed E-state index contributed by atoms with van der Waals surface area (Å²) in [5.74, 6) is 1.11. The van der Waals surface area contributed by atoms with E-state index in [1.54, 1.807) is 20.2 Å². The number of methoxy groups -OCH3 is 1. The van der Waals surface area contributed by atoms with Crippen LogP contribution < -0.4 is 5.32 Å². The number of sulfonamides is 1. The average molecular weight is 316 g/mol. The highest BCUT2D eigenvalue weighted by Crippen LogP contribution is 2.28. The van der Waals surface area contributed by atoms with Crippen molar-refractivity contribution >= 4 is 10.0 Å². The summed E-state index contributed by atoms with van der Waals surface area (Å²) in [6.07, 6.45) is 3.44. The Hall–Kier alpha value is -0.890. The third-order valence-corrected chi connectivity index (χ3v) is 5.52. The van der Waals surface area contributed by atoms with Gasteiger partial charge >= 0.3 is 0 Å². The zero-order valence-corrected chi connectivity index (χ0v) is 13.5. The normalized spacial score (nSPS) is 16.3. The highest BCUT2D eigenvalue weighted by molar-refractivity contribution is 7.89. The third kappa shape index (κ3) is 4.29. The molecule has 0 bridgehead atoms. The Morgan fingerprint density at radius 3 is 2.81 bits per heavy atom. The zero-order valence-electron chi connectivity index (χ0n) is 12.7. The maximum absolute atomic E-state index is 12.4. The Morgan fingerprint density at radius 1 is 1.43 bits per heavy atom. The fourth-order valence-electron chi connectivity index (χ4n) is 2.27. The molecule has 0 spiro atoms. The van der Waals surface area contributed by atoms with Crippen molar-refractivity contribution in [1.29, 1.82) is 0 Å². The largest absolute Gasteiger partial charge is 0.447 e. The minimum Gasteiger partial charge on any atom is -0.447 e. The molecule has 0 aliphatic heterocycles. The number of nitrogens with zero attached hydrogens (tertiary/aromatic N) is 1.